The molecule has 0 fully saturated rings. The molecule has 0 saturated heterocycles. The van der Waals surface area contributed by atoms with Crippen LogP contribution < -0.4 is 14.2 Å². The second-order valence-corrected chi connectivity index (χ2v) is 7.77. The van der Waals surface area contributed by atoms with E-state index in [9.17, 15) is 5.26 Å². The number of benzene rings is 2. The first-order chi connectivity index (χ1) is 16.5. The second-order valence-electron chi connectivity index (χ2n) is 7.77. The van der Waals surface area contributed by atoms with Crippen molar-refractivity contribution >= 4 is 21.8 Å². The van der Waals surface area contributed by atoms with Gasteiger partial charge in [-0.3, -0.25) is 10.2 Å². The Labute approximate surface area is 195 Å². The molecule has 8 nitrogen and oxygen atoms in total. The molecular weight excluding hydrogens is 441 g/mol. The van der Waals surface area contributed by atoms with Crippen molar-refractivity contribution in [1.82, 2.24) is 9.97 Å². The van der Waals surface area contributed by atoms with E-state index in [0.717, 1.165) is 25.0 Å². The number of fused-ring (bicyclic) bond motifs is 2. The van der Waals surface area contributed by atoms with Gasteiger partial charge in [-0.05, 0) is 50.5 Å². The first-order valence-electron chi connectivity index (χ1n) is 10.8. The number of H-pyrrole nitrogens is 1. The van der Waals surface area contributed by atoms with Crippen molar-refractivity contribution in [3.8, 4) is 29.1 Å². The van der Waals surface area contributed by atoms with E-state index in [0.29, 0.717) is 39.9 Å². The predicted molar refractivity (Wildman–Crippen MR) is 124 cm³/mol. The summed E-state index contributed by atoms with van der Waals surface area (Å²) in [6, 6.07) is 10.4. The Morgan fingerprint density at radius 1 is 1.06 bits per heavy atom. The molecule has 2 aromatic heterocycles. The molecule has 0 atom stereocenters. The standard InChI is InChI=1S/C25H24FN3O5/c1-15-10-17-19(29-15)6-7-21(24(17)26)34-25-16(13-27)14-28-20-12-23(22(31-2)11-18(20)25)32-8-4-3-5-9-33-30/h6-7,10-12,14,29-30H,3-5,8-9H2,1-2H3. The number of nitrogens with zero attached hydrogens (tertiary/aromatic N) is 2. The number of rotatable bonds is 10. The van der Waals surface area contributed by atoms with Crippen molar-refractivity contribution in [3.05, 3.63) is 53.6 Å². The van der Waals surface area contributed by atoms with Crippen LogP contribution in [0.3, 0.4) is 0 Å². The number of methoxy groups -OCH3 is 1. The molecule has 0 unspecified atom stereocenters. The Balaban J connectivity index is 1.68. The van der Waals surface area contributed by atoms with Gasteiger partial charge in [0.05, 0.1) is 25.8 Å². The molecule has 0 aliphatic heterocycles. The third-order valence-corrected chi connectivity index (χ3v) is 5.41. The molecule has 0 radical (unpaired) electrons. The first-order valence-corrected chi connectivity index (χ1v) is 10.8. The summed E-state index contributed by atoms with van der Waals surface area (Å²) < 4.78 is 32.5. The van der Waals surface area contributed by atoms with Gasteiger partial charge >= 0.3 is 0 Å². The number of halogens is 1. The summed E-state index contributed by atoms with van der Waals surface area (Å²) in [6.07, 6.45) is 3.70. The van der Waals surface area contributed by atoms with Crippen LogP contribution in [0, 0.1) is 24.1 Å². The number of nitrogens with one attached hydrogen (secondary N) is 1. The highest BCUT2D eigenvalue weighted by molar-refractivity contribution is 5.90. The molecule has 2 N–H and O–H groups in total. The lowest BCUT2D eigenvalue weighted by Crippen LogP contribution is -2.01. The van der Waals surface area contributed by atoms with Crippen molar-refractivity contribution in [2.24, 2.45) is 0 Å². The maximum absolute atomic E-state index is 15.2. The lowest BCUT2D eigenvalue weighted by Gasteiger charge is -2.15. The molecule has 0 amide bonds. The van der Waals surface area contributed by atoms with E-state index in [2.05, 4.69) is 20.9 Å². The number of aryl methyl sites for hydroxylation is 1. The molecule has 176 valence electrons. The van der Waals surface area contributed by atoms with E-state index < -0.39 is 5.82 Å². The normalized spacial score (nSPS) is 11.0. The average molecular weight is 465 g/mol. The maximum atomic E-state index is 15.2. The van der Waals surface area contributed by atoms with Crippen molar-refractivity contribution in [2.45, 2.75) is 26.2 Å². The molecule has 34 heavy (non-hydrogen) atoms. The molecule has 0 bridgehead atoms. The molecule has 4 rings (SSSR count). The van der Waals surface area contributed by atoms with E-state index >= 15 is 4.39 Å². The Morgan fingerprint density at radius 2 is 1.88 bits per heavy atom. The molecule has 4 aromatic rings. The molecule has 9 heteroatoms. The lowest BCUT2D eigenvalue weighted by molar-refractivity contribution is -0.242. The zero-order valence-electron chi connectivity index (χ0n) is 18.9. The van der Waals surface area contributed by atoms with Gasteiger partial charge in [-0.1, -0.05) is 0 Å². The third-order valence-electron chi connectivity index (χ3n) is 5.41. The smallest absolute Gasteiger partial charge is 0.175 e. The van der Waals surface area contributed by atoms with E-state index in [1.165, 1.54) is 19.4 Å². The van der Waals surface area contributed by atoms with Gasteiger partial charge in [0.2, 0.25) is 0 Å². The SMILES string of the molecule is COc1cc2c(Oc3ccc4[nH]c(C)cc4c3F)c(C#N)cnc2cc1OCCCCCOO. The van der Waals surface area contributed by atoms with Crippen LogP contribution >= 0.6 is 0 Å². The van der Waals surface area contributed by atoms with E-state index in [-0.39, 0.29) is 23.7 Å². The van der Waals surface area contributed by atoms with Crippen molar-refractivity contribution < 1.29 is 28.7 Å². The highest BCUT2D eigenvalue weighted by Gasteiger charge is 2.18. The van der Waals surface area contributed by atoms with Gasteiger partial charge in [0.1, 0.15) is 11.6 Å². The average Bonchev–Trinajstić information content (AvgIpc) is 3.23. The fourth-order valence-electron chi connectivity index (χ4n) is 3.74. The topological polar surface area (TPSA) is 110 Å². The summed E-state index contributed by atoms with van der Waals surface area (Å²) in [5.41, 5.74) is 2.17. The van der Waals surface area contributed by atoms with Crippen LogP contribution in [0.2, 0.25) is 0 Å². The number of ether oxygens (including phenoxy) is 3. The Hall–Kier alpha value is -3.87. The number of unbranched alkanes of at least 4 members (excludes halogenated alkanes) is 2. The van der Waals surface area contributed by atoms with Gasteiger partial charge in [0, 0.05) is 34.2 Å². The zero-order valence-corrected chi connectivity index (χ0v) is 18.9. The fraction of sp³-hybridized carbons (Fsp3) is 0.280. The van der Waals surface area contributed by atoms with Crippen LogP contribution in [0.4, 0.5) is 4.39 Å². The molecule has 0 aliphatic rings. The van der Waals surface area contributed by atoms with Gasteiger partial charge in [-0.15, -0.1) is 0 Å². The van der Waals surface area contributed by atoms with Gasteiger partial charge < -0.3 is 19.2 Å². The van der Waals surface area contributed by atoms with Gasteiger partial charge in [0.15, 0.2) is 28.8 Å². The largest absolute Gasteiger partial charge is 0.493 e. The minimum Gasteiger partial charge on any atom is -0.493 e. The molecule has 2 heterocycles. The molecule has 0 spiro atoms. The first kappa shape index (κ1) is 23.3. The van der Waals surface area contributed by atoms with Crippen LogP contribution in [0.5, 0.6) is 23.0 Å². The zero-order chi connectivity index (χ0) is 24.1. The summed E-state index contributed by atoms with van der Waals surface area (Å²) in [4.78, 5) is 11.5. The third kappa shape index (κ3) is 4.73. The highest BCUT2D eigenvalue weighted by Crippen LogP contribution is 2.40. The Bertz CT molecular complexity index is 1360. The molecule has 0 saturated carbocycles. The molecular formula is C25H24FN3O5. The number of pyridine rings is 1. The fourth-order valence-corrected chi connectivity index (χ4v) is 3.74. The summed E-state index contributed by atoms with van der Waals surface area (Å²) >= 11 is 0. The van der Waals surface area contributed by atoms with Gasteiger partial charge in [-0.2, -0.15) is 5.26 Å². The van der Waals surface area contributed by atoms with Crippen LogP contribution in [-0.4, -0.2) is 35.5 Å². The number of nitriles is 1. The van der Waals surface area contributed by atoms with Gasteiger partial charge in [-0.25, -0.2) is 9.28 Å². The number of aromatic nitrogens is 2. The Kier molecular flexibility index (Phi) is 7.11. The second kappa shape index (κ2) is 10.4. The van der Waals surface area contributed by atoms with Crippen molar-refractivity contribution in [3.63, 3.8) is 0 Å². The van der Waals surface area contributed by atoms with E-state index in [1.54, 1.807) is 24.3 Å². The number of hydrogen-bond acceptors (Lipinski definition) is 7. The van der Waals surface area contributed by atoms with E-state index in [4.69, 9.17) is 19.5 Å². The number of hydrogen-bond donors (Lipinski definition) is 2. The summed E-state index contributed by atoms with van der Waals surface area (Å²) in [6.45, 7) is 2.57. The molecule has 0 aliphatic carbocycles. The Morgan fingerprint density at radius 3 is 2.65 bits per heavy atom. The quantitative estimate of drug-likeness (QED) is 0.171. The van der Waals surface area contributed by atoms with Crippen molar-refractivity contribution in [1.29, 1.82) is 5.26 Å². The maximum Gasteiger partial charge on any atom is 0.175 e. The van der Waals surface area contributed by atoms with Crippen LogP contribution in [0.1, 0.15) is 30.5 Å². The number of aromatic amines is 1. The summed E-state index contributed by atoms with van der Waals surface area (Å²) in [5.74, 6) is 0.597. The minimum atomic E-state index is -0.519. The predicted octanol–water partition coefficient (Wildman–Crippen LogP) is 5.87. The van der Waals surface area contributed by atoms with Crippen LogP contribution in [0.15, 0.2) is 36.5 Å². The van der Waals surface area contributed by atoms with Crippen LogP contribution in [-0.2, 0) is 4.89 Å². The molecule has 2 aromatic carbocycles. The monoisotopic (exact) mass is 465 g/mol. The highest BCUT2D eigenvalue weighted by atomic mass is 19.1. The summed E-state index contributed by atoms with van der Waals surface area (Å²) in [7, 11) is 1.51. The lowest BCUT2D eigenvalue weighted by atomic mass is 10.1. The van der Waals surface area contributed by atoms with Gasteiger partial charge in [0.25, 0.3) is 0 Å². The minimum absolute atomic E-state index is 0.00153. The van der Waals surface area contributed by atoms with Crippen LogP contribution in [0.25, 0.3) is 21.8 Å². The van der Waals surface area contributed by atoms with E-state index in [1.807, 2.05) is 6.92 Å². The van der Waals surface area contributed by atoms with Crippen molar-refractivity contribution in [2.75, 3.05) is 20.3 Å². The summed E-state index contributed by atoms with van der Waals surface area (Å²) in [5, 5.41) is 18.9.